The van der Waals surface area contributed by atoms with Gasteiger partial charge in [0.15, 0.2) is 11.6 Å². The van der Waals surface area contributed by atoms with Crippen molar-refractivity contribution in [3.05, 3.63) is 24.0 Å². The fourth-order valence-corrected chi connectivity index (χ4v) is 2.57. The molecule has 0 unspecified atom stereocenters. The summed E-state index contributed by atoms with van der Waals surface area (Å²) < 4.78 is 18.5. The Morgan fingerprint density at radius 3 is 2.58 bits per heavy atom. The van der Waals surface area contributed by atoms with Crippen molar-refractivity contribution in [3.63, 3.8) is 0 Å². The maximum atomic E-state index is 13.6. The highest BCUT2D eigenvalue weighted by atomic mass is 19.1. The Labute approximate surface area is 111 Å². The lowest BCUT2D eigenvalue weighted by atomic mass is 9.81. The van der Waals surface area contributed by atoms with Crippen LogP contribution in [-0.4, -0.2) is 23.7 Å². The van der Waals surface area contributed by atoms with Crippen molar-refractivity contribution in [3.8, 4) is 5.75 Å². The second-order valence-corrected chi connectivity index (χ2v) is 4.92. The van der Waals surface area contributed by atoms with Crippen molar-refractivity contribution in [2.24, 2.45) is 0 Å². The molecule has 1 aromatic rings. The van der Waals surface area contributed by atoms with Gasteiger partial charge in [0.1, 0.15) is 5.54 Å². The molecular weight excluding hydrogens is 249 g/mol. The molecule has 4 nitrogen and oxygen atoms in total. The molecular formula is C14H18FNO3. The highest BCUT2D eigenvalue weighted by molar-refractivity contribution is 5.83. The van der Waals surface area contributed by atoms with Crippen LogP contribution in [0.3, 0.4) is 0 Å². The molecule has 0 heterocycles. The summed E-state index contributed by atoms with van der Waals surface area (Å²) in [6.07, 6.45) is 3.93. The van der Waals surface area contributed by atoms with Crippen LogP contribution >= 0.6 is 0 Å². The highest BCUT2D eigenvalue weighted by Crippen LogP contribution is 2.33. The zero-order valence-corrected chi connectivity index (χ0v) is 10.9. The number of hydrogen-bond acceptors (Lipinski definition) is 3. The molecule has 1 fully saturated rings. The van der Waals surface area contributed by atoms with E-state index in [0.29, 0.717) is 18.5 Å². The van der Waals surface area contributed by atoms with Gasteiger partial charge in [-0.15, -0.1) is 0 Å². The Hall–Kier alpha value is -1.78. The third kappa shape index (κ3) is 2.80. The van der Waals surface area contributed by atoms with Crippen LogP contribution in [-0.2, 0) is 4.79 Å². The fraction of sp³-hybridized carbons (Fsp3) is 0.500. The number of carboxylic acid groups (broad SMARTS) is 1. The number of nitrogens with one attached hydrogen (secondary N) is 1. The third-order valence-electron chi connectivity index (χ3n) is 3.65. The zero-order valence-electron chi connectivity index (χ0n) is 10.9. The zero-order chi connectivity index (χ0) is 13.9. The molecule has 2 rings (SSSR count). The van der Waals surface area contributed by atoms with Crippen LogP contribution in [0.5, 0.6) is 5.75 Å². The fourth-order valence-electron chi connectivity index (χ4n) is 2.57. The van der Waals surface area contributed by atoms with Crippen LogP contribution in [0, 0.1) is 5.82 Å². The first-order valence-corrected chi connectivity index (χ1v) is 6.42. The number of rotatable bonds is 4. The van der Waals surface area contributed by atoms with Gasteiger partial charge < -0.3 is 15.2 Å². The number of aliphatic carboxylic acids is 1. The number of methoxy groups -OCH3 is 1. The van der Waals surface area contributed by atoms with E-state index in [1.54, 1.807) is 6.07 Å². The van der Waals surface area contributed by atoms with Crippen molar-refractivity contribution < 1.29 is 19.0 Å². The second-order valence-electron chi connectivity index (χ2n) is 4.92. The van der Waals surface area contributed by atoms with E-state index in [1.165, 1.54) is 19.2 Å². The Morgan fingerprint density at radius 2 is 2.05 bits per heavy atom. The van der Waals surface area contributed by atoms with E-state index >= 15 is 0 Å². The van der Waals surface area contributed by atoms with Crippen LogP contribution in [0.25, 0.3) is 0 Å². The Bertz CT molecular complexity index is 470. The summed E-state index contributed by atoms with van der Waals surface area (Å²) in [5.41, 5.74) is -0.498. The molecule has 1 aliphatic carbocycles. The molecule has 1 aliphatic rings. The van der Waals surface area contributed by atoms with Crippen LogP contribution < -0.4 is 10.1 Å². The lowest BCUT2D eigenvalue weighted by Crippen LogP contribution is -2.47. The minimum absolute atomic E-state index is 0.151. The molecule has 0 amide bonds. The van der Waals surface area contributed by atoms with E-state index in [-0.39, 0.29) is 5.75 Å². The molecule has 0 bridgehead atoms. The summed E-state index contributed by atoms with van der Waals surface area (Å²) in [6, 6.07) is 4.41. The molecule has 1 aromatic carbocycles. The molecule has 0 aliphatic heterocycles. The standard InChI is InChI=1S/C14H18FNO3/c1-19-12-6-5-10(9-11(12)15)16-14(13(17)18)7-3-2-4-8-14/h5-6,9,16H,2-4,7-8H2,1H3,(H,17,18). The van der Waals surface area contributed by atoms with Gasteiger partial charge in [-0.05, 0) is 25.0 Å². The first-order chi connectivity index (χ1) is 9.07. The van der Waals surface area contributed by atoms with Crippen LogP contribution in [0.1, 0.15) is 32.1 Å². The average molecular weight is 267 g/mol. The summed E-state index contributed by atoms with van der Waals surface area (Å²) in [5, 5.41) is 12.4. The quantitative estimate of drug-likeness (QED) is 0.880. The summed E-state index contributed by atoms with van der Waals surface area (Å²) in [4.78, 5) is 11.5. The summed E-state index contributed by atoms with van der Waals surface area (Å²) in [6.45, 7) is 0. The van der Waals surface area contributed by atoms with E-state index in [1.807, 2.05) is 0 Å². The Morgan fingerprint density at radius 1 is 1.37 bits per heavy atom. The van der Waals surface area contributed by atoms with E-state index in [4.69, 9.17) is 4.74 Å². The minimum Gasteiger partial charge on any atom is -0.494 e. The molecule has 1 saturated carbocycles. The molecule has 5 heteroatoms. The molecule has 0 atom stereocenters. The SMILES string of the molecule is COc1ccc(NC2(C(=O)O)CCCCC2)cc1F. The van der Waals surface area contributed by atoms with Gasteiger partial charge in [-0.2, -0.15) is 0 Å². The highest BCUT2D eigenvalue weighted by Gasteiger charge is 2.39. The van der Waals surface area contributed by atoms with Crippen molar-refractivity contribution in [1.82, 2.24) is 0 Å². The number of anilines is 1. The molecule has 0 saturated heterocycles. The van der Waals surface area contributed by atoms with Crippen molar-refractivity contribution in [1.29, 1.82) is 0 Å². The van der Waals surface area contributed by atoms with Gasteiger partial charge in [0.25, 0.3) is 0 Å². The maximum Gasteiger partial charge on any atom is 0.329 e. The van der Waals surface area contributed by atoms with Gasteiger partial charge in [0.05, 0.1) is 7.11 Å². The number of ether oxygens (including phenoxy) is 1. The lowest BCUT2D eigenvalue weighted by Gasteiger charge is -2.35. The van der Waals surface area contributed by atoms with Crippen LogP contribution in [0.2, 0.25) is 0 Å². The largest absolute Gasteiger partial charge is 0.494 e. The van der Waals surface area contributed by atoms with Gasteiger partial charge in [0, 0.05) is 11.8 Å². The molecule has 0 aromatic heterocycles. The van der Waals surface area contributed by atoms with Gasteiger partial charge >= 0.3 is 5.97 Å². The van der Waals surface area contributed by atoms with E-state index < -0.39 is 17.3 Å². The van der Waals surface area contributed by atoms with Gasteiger partial charge in [-0.3, -0.25) is 0 Å². The minimum atomic E-state index is -0.973. The number of benzene rings is 1. The van der Waals surface area contributed by atoms with E-state index in [9.17, 15) is 14.3 Å². The summed E-state index contributed by atoms with van der Waals surface area (Å²) in [5.74, 6) is -1.22. The maximum absolute atomic E-state index is 13.6. The molecule has 2 N–H and O–H groups in total. The summed E-state index contributed by atoms with van der Waals surface area (Å²) >= 11 is 0. The Kier molecular flexibility index (Phi) is 3.93. The number of carboxylic acids is 1. The topological polar surface area (TPSA) is 58.6 Å². The molecule has 19 heavy (non-hydrogen) atoms. The third-order valence-corrected chi connectivity index (χ3v) is 3.65. The monoisotopic (exact) mass is 267 g/mol. The molecule has 0 spiro atoms. The number of carbonyl (C=O) groups is 1. The smallest absolute Gasteiger partial charge is 0.329 e. The van der Waals surface area contributed by atoms with E-state index in [0.717, 1.165) is 19.3 Å². The predicted molar refractivity (Wildman–Crippen MR) is 70.0 cm³/mol. The van der Waals surface area contributed by atoms with Gasteiger partial charge in [-0.1, -0.05) is 19.3 Å². The van der Waals surface area contributed by atoms with Gasteiger partial charge in [-0.25, -0.2) is 9.18 Å². The van der Waals surface area contributed by atoms with Crippen molar-refractivity contribution in [2.75, 3.05) is 12.4 Å². The normalized spacial score (nSPS) is 17.8. The van der Waals surface area contributed by atoms with E-state index in [2.05, 4.69) is 5.32 Å². The first kappa shape index (κ1) is 13.6. The van der Waals surface area contributed by atoms with Crippen LogP contribution in [0.15, 0.2) is 18.2 Å². The van der Waals surface area contributed by atoms with Crippen molar-refractivity contribution in [2.45, 2.75) is 37.6 Å². The van der Waals surface area contributed by atoms with Crippen LogP contribution in [0.4, 0.5) is 10.1 Å². The molecule has 104 valence electrons. The first-order valence-electron chi connectivity index (χ1n) is 6.42. The number of halogens is 1. The van der Waals surface area contributed by atoms with Crippen molar-refractivity contribution >= 4 is 11.7 Å². The average Bonchev–Trinajstić information content (AvgIpc) is 2.40. The Balaban J connectivity index is 2.22. The van der Waals surface area contributed by atoms with Gasteiger partial charge in [0.2, 0.25) is 0 Å². The predicted octanol–water partition coefficient (Wildman–Crippen LogP) is 3.03. The summed E-state index contributed by atoms with van der Waals surface area (Å²) in [7, 11) is 1.39. The number of hydrogen-bond donors (Lipinski definition) is 2. The lowest BCUT2D eigenvalue weighted by molar-refractivity contribution is -0.143. The molecule has 0 radical (unpaired) electrons. The second kappa shape index (κ2) is 5.47.